The molecule has 0 radical (unpaired) electrons. The quantitative estimate of drug-likeness (QED) is 0.165. The Morgan fingerprint density at radius 2 is 0.0200 bits per heavy atom. The van der Waals surface area contributed by atoms with E-state index in [1.807, 2.05) is 0 Å². The molecule has 0 aliphatic heterocycles. The predicted octanol–water partition coefficient (Wildman–Crippen LogP) is 3.24. The third kappa shape index (κ3) is 768. The average Bonchev–Trinajstić information content (AvgIpc) is 0. The smallest absolute Gasteiger partial charge is 0 e. The molecule has 0 fully saturated rings. The molecule has 0 aromatic carbocycles. The molecule has 0 bridgehead atoms. The van der Waals surface area contributed by atoms with E-state index in [4.69, 9.17) is 0 Å². The van der Waals surface area contributed by atoms with Crippen LogP contribution in [0.3, 0.4) is 0 Å². The summed E-state index contributed by atoms with van der Waals surface area (Å²) in [6, 6.07) is 0. The van der Waals surface area contributed by atoms with Crippen molar-refractivity contribution < 1.29 is 3020 Å². The van der Waals surface area contributed by atoms with Gasteiger partial charge in [0.05, 0.1) is 0 Å². The Balaban J connectivity index is 0. The van der Waals surface area contributed by atoms with Crippen LogP contribution in [0.1, 0.15) is 0 Å². The fraction of sp³-hybridized carbons (Fsp3) is 0. The molecule has 100 heteroatoms. The van der Waals surface area contributed by atoms with Gasteiger partial charge in [-0.25, -0.2) is 0 Å². The van der Waals surface area contributed by atoms with E-state index < -0.39 is 0 Å². The first-order valence-corrected chi connectivity index (χ1v) is 0. The van der Waals surface area contributed by atoms with Crippen molar-refractivity contribution >= 4 is 0 Å². The first-order chi connectivity index (χ1) is 0. The van der Waals surface area contributed by atoms with Gasteiger partial charge in [-0.05, 0) is 0 Å². The number of rotatable bonds is 0. The zero-order chi connectivity index (χ0) is 0. The Hall–Kier alpha value is 100.0. The summed E-state index contributed by atoms with van der Waals surface area (Å²) in [6.07, 6.45) is 0. The molecule has 20 nitrogen and oxygen atoms in total. The molecule has 0 saturated heterocycles. The van der Waals surface area contributed by atoms with Crippen molar-refractivity contribution in [3.8, 4) is 0 Å². The Labute approximate surface area is 3010 Å². The van der Waals surface area contributed by atoms with E-state index >= 15 is 0 Å². The van der Waals surface area contributed by atoms with Crippen molar-refractivity contribution in [2.75, 3.05) is 0 Å². The molecule has 60 N–H and O–H groups in total. The maximum absolute atomic E-state index is 0. The summed E-state index contributed by atoms with van der Waals surface area (Å²) in [5.74, 6) is 0. The molecule has 100 heavy (non-hydrogen) atoms. The number of hydrogen-bond donors (Lipinski definition) is 20. The van der Waals surface area contributed by atoms with Gasteiger partial charge in [0.1, 0.15) is 0 Å². The van der Waals surface area contributed by atoms with Gasteiger partial charge in [0.2, 0.25) is 0 Å². The molecular weight excluding hydrogens is 3480 g/mol. The Kier molecular flexibility index (Phi) is 6180. The van der Waals surface area contributed by atoms with E-state index in [-0.39, 0.29) is 3140 Å². The summed E-state index contributed by atoms with van der Waals surface area (Å²) in [7, 11) is 0. The van der Waals surface area contributed by atoms with Crippen LogP contribution in [0.4, 0.5) is 0 Å². The maximum atomic E-state index is 0. The molecule has 0 spiro atoms. The molecule has 0 atom stereocenters. The summed E-state index contributed by atoms with van der Waals surface area (Å²) in [4.78, 5) is 0. The minimum Gasteiger partial charge on any atom is -0.344 e. The minimum atomic E-state index is 0. The summed E-state index contributed by atoms with van der Waals surface area (Å²) >= 11 is 0. The Morgan fingerprint density at radius 3 is 0.0200 bits per heavy atom. The van der Waals surface area contributed by atoms with Crippen molar-refractivity contribution in [2.45, 2.75) is 0 Å². The largest absolute Gasteiger partial charge is 0.344 e. The molecule has 0 saturated carbocycles. The molecule has 0 aliphatic carbocycles. The summed E-state index contributed by atoms with van der Waals surface area (Å²) < 4.78 is 0. The third-order valence-electron chi connectivity index (χ3n) is 0. The molecule has 0 amide bonds. The van der Waals surface area contributed by atoms with Crippen molar-refractivity contribution in [1.29, 1.82) is 0 Å². The van der Waals surface area contributed by atoms with Crippen LogP contribution in [-0.4, -0.2) is 0 Å². The van der Waals surface area contributed by atoms with Gasteiger partial charge < -0.3 is 123 Å². The standard InChI is InChI=1S/80Ar.20H3N/h;;;;;;;;;;;;;;;;;;;;;;;;;;;;;;;;;;;;;;;;;;;;;;;;;;;;;;;;;;;;;;;;;;;;;;;;;;;;;;;;20*1H3. The number of hydrogen-bond acceptors (Lipinski definition) is 20. The van der Waals surface area contributed by atoms with E-state index in [1.54, 1.807) is 0 Å². The fourth-order valence-electron chi connectivity index (χ4n) is 0. The van der Waals surface area contributed by atoms with Crippen molar-refractivity contribution in [1.82, 2.24) is 123 Å². The van der Waals surface area contributed by atoms with Crippen molar-refractivity contribution in [3.63, 3.8) is 0 Å². The second kappa shape index (κ2) is 780. The molecular formula is H60Ar80N20. The summed E-state index contributed by atoms with van der Waals surface area (Å²) in [5, 5.41) is 0. The molecule has 0 rings (SSSR count). The minimum absolute atomic E-state index is 0. The van der Waals surface area contributed by atoms with Crippen LogP contribution in [0.25, 0.3) is 0 Å². The van der Waals surface area contributed by atoms with Crippen molar-refractivity contribution in [3.05, 3.63) is 0 Å². The molecule has 800 valence electrons. The van der Waals surface area contributed by atoms with E-state index in [2.05, 4.69) is 0 Å². The van der Waals surface area contributed by atoms with Gasteiger partial charge in [-0.1, -0.05) is 0 Å². The van der Waals surface area contributed by atoms with Gasteiger partial charge in [-0.3, -0.25) is 0 Å². The Morgan fingerprint density at radius 1 is 0.0200 bits per heavy atom. The normalized spacial score (nSPS) is 0. The third-order valence-corrected chi connectivity index (χ3v) is 0. The first-order valence-electron chi connectivity index (χ1n) is 0. The molecule has 0 heterocycles. The van der Waals surface area contributed by atoms with Crippen LogP contribution < -0.4 is 123 Å². The molecule has 0 unspecified atom stereocenters. The van der Waals surface area contributed by atoms with Crippen LogP contribution in [0.2, 0.25) is 0 Å². The van der Waals surface area contributed by atoms with Gasteiger partial charge in [0.15, 0.2) is 0 Å². The SMILES string of the molecule is N.N.N.N.N.N.N.N.N.N.N.N.N.N.N.N.N.N.N.N.[Ar].[Ar].[Ar].[Ar].[Ar].[Ar].[Ar].[Ar].[Ar].[Ar].[Ar].[Ar].[Ar].[Ar].[Ar].[Ar].[Ar].[Ar].[Ar].[Ar].[Ar].[Ar].[Ar].[Ar].[Ar].[Ar].[Ar].[Ar].[Ar].[Ar].[Ar].[Ar].[Ar].[Ar].[Ar].[Ar].[Ar].[Ar].[Ar].[Ar].[Ar].[Ar].[Ar].[Ar].[Ar].[Ar].[Ar].[Ar].[Ar].[Ar].[Ar].[Ar].[Ar].[Ar].[Ar].[Ar].[Ar].[Ar].[Ar].[Ar].[Ar].[Ar].[Ar].[Ar].[Ar].[Ar].[Ar].[Ar].[Ar].[Ar].[Ar].[Ar].[Ar].[Ar].[Ar].[Ar].[Ar].[Ar].[Ar].[Ar]. The molecule has 0 aliphatic rings. The second-order valence-electron chi connectivity index (χ2n) is 0. The van der Waals surface area contributed by atoms with Crippen molar-refractivity contribution in [2.24, 2.45) is 0 Å². The fourth-order valence-corrected chi connectivity index (χ4v) is 0. The van der Waals surface area contributed by atoms with Gasteiger partial charge in [0, 0.05) is 3020 Å². The van der Waals surface area contributed by atoms with E-state index in [0.717, 1.165) is 0 Å². The second-order valence-corrected chi connectivity index (χ2v) is 0. The predicted molar refractivity (Wildman–Crippen MR) is 100 cm³/mol. The van der Waals surface area contributed by atoms with Crippen LogP contribution in [-0.2, 0) is 0 Å². The van der Waals surface area contributed by atoms with Crippen LogP contribution in [0, 0.1) is 3020 Å². The van der Waals surface area contributed by atoms with Crippen LogP contribution in [0.5, 0.6) is 0 Å². The van der Waals surface area contributed by atoms with Gasteiger partial charge >= 0.3 is 0 Å². The monoisotopic (exact) mass is 3540 g/mol. The van der Waals surface area contributed by atoms with Gasteiger partial charge in [-0.15, -0.1) is 0 Å². The zero-order valence-electron chi connectivity index (χ0n) is 42.4. The Bertz CT molecular complexity index is 72.2. The van der Waals surface area contributed by atoms with E-state index in [1.165, 1.54) is 0 Å². The topological polar surface area (TPSA) is 700 Å². The van der Waals surface area contributed by atoms with E-state index in [0.29, 0.717) is 0 Å². The average molecular weight is 3540 g/mol. The zero-order valence-corrected chi connectivity index (χ0v) is 99.0. The van der Waals surface area contributed by atoms with Crippen LogP contribution >= 0.6 is 0 Å². The summed E-state index contributed by atoms with van der Waals surface area (Å²) in [6.45, 7) is 0. The molecule has 0 aromatic heterocycles. The summed E-state index contributed by atoms with van der Waals surface area (Å²) in [5.41, 5.74) is 0. The molecule has 0 aromatic rings. The van der Waals surface area contributed by atoms with Gasteiger partial charge in [-0.2, -0.15) is 0 Å². The van der Waals surface area contributed by atoms with Crippen LogP contribution in [0.15, 0.2) is 0 Å². The maximum Gasteiger partial charge on any atom is 0 e. The van der Waals surface area contributed by atoms with Gasteiger partial charge in [0.25, 0.3) is 0 Å². The van der Waals surface area contributed by atoms with E-state index in [9.17, 15) is 0 Å². The first kappa shape index (κ1) is 792.